The number of hydrogen-bond acceptors (Lipinski definition) is 2. The molecule has 0 bridgehead atoms. The number of rotatable bonds is 3. The van der Waals surface area contributed by atoms with Crippen molar-refractivity contribution in [3.63, 3.8) is 0 Å². The minimum atomic E-state index is 0.0142. The molecule has 1 aromatic carbocycles. The molecule has 0 aromatic heterocycles. The van der Waals surface area contributed by atoms with Gasteiger partial charge in [0.15, 0.2) is 0 Å². The molecule has 4 fully saturated rings. The fraction of sp³-hybridized carbons (Fsp3) is 0.731. The molecule has 2 nitrogen and oxygen atoms in total. The summed E-state index contributed by atoms with van der Waals surface area (Å²) in [5.74, 6) is 3.69. The Kier molecular flexibility index (Phi) is 4.69. The summed E-state index contributed by atoms with van der Waals surface area (Å²) in [5.41, 5.74) is 1.78. The monoisotopic (exact) mass is 380 g/mol. The quantitative estimate of drug-likeness (QED) is 0.625. The Hall–Kier alpha value is -1.15. The van der Waals surface area contributed by atoms with Crippen LogP contribution in [-0.4, -0.2) is 11.9 Å². The summed E-state index contributed by atoms with van der Waals surface area (Å²) in [6.45, 7) is 5.65. The minimum absolute atomic E-state index is 0.0142. The smallest absolute Gasteiger partial charge is 0.139 e. The Morgan fingerprint density at radius 3 is 2.61 bits per heavy atom. The lowest BCUT2D eigenvalue weighted by Crippen LogP contribution is -2.54. The van der Waals surface area contributed by atoms with Gasteiger partial charge < -0.3 is 4.74 Å². The molecule has 0 N–H and O–H groups in total. The van der Waals surface area contributed by atoms with Gasteiger partial charge in [-0.15, -0.1) is 0 Å². The number of carbonyl (C=O) groups excluding carboxylic acids is 1. The van der Waals surface area contributed by atoms with Crippen molar-refractivity contribution in [3.8, 4) is 0 Å². The summed E-state index contributed by atoms with van der Waals surface area (Å²) in [6.07, 6.45) is 11.3. The van der Waals surface area contributed by atoms with Gasteiger partial charge in [0.2, 0.25) is 0 Å². The first-order valence-corrected chi connectivity index (χ1v) is 11.7. The fourth-order valence-corrected chi connectivity index (χ4v) is 7.93. The Morgan fingerprint density at radius 2 is 1.79 bits per heavy atom. The second-order valence-corrected chi connectivity index (χ2v) is 10.8. The first-order valence-electron chi connectivity index (χ1n) is 11.7. The highest BCUT2D eigenvalue weighted by atomic mass is 16.5. The van der Waals surface area contributed by atoms with E-state index < -0.39 is 0 Å². The van der Waals surface area contributed by atoms with E-state index in [1.54, 1.807) is 0 Å². The highest BCUT2D eigenvalue weighted by Crippen LogP contribution is 2.65. The minimum Gasteiger partial charge on any atom is -0.374 e. The van der Waals surface area contributed by atoms with Gasteiger partial charge in [0, 0.05) is 11.8 Å². The number of carbonyl (C=O) groups is 1. The molecule has 5 rings (SSSR count). The van der Waals surface area contributed by atoms with Crippen LogP contribution in [0.1, 0.15) is 77.2 Å². The molecule has 28 heavy (non-hydrogen) atoms. The zero-order chi connectivity index (χ0) is 19.4. The maximum atomic E-state index is 12.6. The summed E-state index contributed by atoms with van der Waals surface area (Å²) in [7, 11) is 0. The van der Waals surface area contributed by atoms with E-state index in [4.69, 9.17) is 4.74 Å². The molecule has 1 aromatic rings. The lowest BCUT2D eigenvalue weighted by atomic mass is 9.45. The largest absolute Gasteiger partial charge is 0.374 e. The molecule has 0 unspecified atom stereocenters. The Labute approximate surface area is 170 Å². The molecule has 0 radical (unpaired) electrons. The molecule has 2 heteroatoms. The lowest BCUT2D eigenvalue weighted by molar-refractivity contribution is -0.145. The summed E-state index contributed by atoms with van der Waals surface area (Å²) >= 11 is 0. The highest BCUT2D eigenvalue weighted by molar-refractivity contribution is 5.87. The van der Waals surface area contributed by atoms with Crippen LogP contribution in [0.4, 0.5) is 0 Å². The van der Waals surface area contributed by atoms with Crippen molar-refractivity contribution < 1.29 is 9.53 Å². The van der Waals surface area contributed by atoms with E-state index in [1.165, 1.54) is 50.5 Å². The summed E-state index contributed by atoms with van der Waals surface area (Å²) < 4.78 is 6.35. The van der Waals surface area contributed by atoms with Crippen LogP contribution in [0.25, 0.3) is 0 Å². The molecule has 0 spiro atoms. The zero-order valence-electron chi connectivity index (χ0n) is 17.7. The van der Waals surface area contributed by atoms with Crippen molar-refractivity contribution in [1.29, 1.82) is 0 Å². The normalized spacial score (nSPS) is 45.2. The topological polar surface area (TPSA) is 26.3 Å². The fourth-order valence-electron chi connectivity index (χ4n) is 7.93. The van der Waals surface area contributed by atoms with Gasteiger partial charge >= 0.3 is 0 Å². The molecule has 4 saturated carbocycles. The number of ether oxygens (including phenoxy) is 1. The molecular weight excluding hydrogens is 344 g/mol. The highest BCUT2D eigenvalue weighted by Gasteiger charge is 2.60. The third-order valence-corrected chi connectivity index (χ3v) is 9.66. The average Bonchev–Trinajstić information content (AvgIpc) is 3.02. The second-order valence-electron chi connectivity index (χ2n) is 10.8. The molecule has 7 atom stereocenters. The van der Waals surface area contributed by atoms with E-state index in [2.05, 4.69) is 44.2 Å². The maximum Gasteiger partial charge on any atom is 0.139 e. The van der Waals surface area contributed by atoms with Gasteiger partial charge in [-0.25, -0.2) is 0 Å². The molecule has 152 valence electrons. The lowest BCUT2D eigenvalue weighted by Gasteiger charge is -2.60. The van der Waals surface area contributed by atoms with Gasteiger partial charge in [0.1, 0.15) is 5.78 Å². The second kappa shape index (κ2) is 6.97. The first kappa shape index (κ1) is 18.9. The molecular formula is C26H36O2. The van der Waals surface area contributed by atoms with Crippen LogP contribution in [0.2, 0.25) is 0 Å². The first-order chi connectivity index (χ1) is 13.5. The van der Waals surface area contributed by atoms with Gasteiger partial charge in [0.25, 0.3) is 0 Å². The van der Waals surface area contributed by atoms with E-state index in [-0.39, 0.29) is 5.41 Å². The van der Waals surface area contributed by atoms with E-state index >= 15 is 0 Å². The average molecular weight is 381 g/mol. The van der Waals surface area contributed by atoms with Crippen molar-refractivity contribution in [2.75, 3.05) is 0 Å². The van der Waals surface area contributed by atoms with Crippen molar-refractivity contribution in [1.82, 2.24) is 0 Å². The zero-order valence-corrected chi connectivity index (χ0v) is 17.7. The van der Waals surface area contributed by atoms with Gasteiger partial charge in [-0.05, 0) is 86.0 Å². The van der Waals surface area contributed by atoms with Crippen LogP contribution < -0.4 is 0 Å². The van der Waals surface area contributed by atoms with E-state index in [1.807, 2.05) is 0 Å². The molecule has 4 aliphatic rings. The molecule has 4 aliphatic carbocycles. The number of benzene rings is 1. The number of fused-ring (bicyclic) bond motifs is 5. The van der Waals surface area contributed by atoms with Crippen molar-refractivity contribution in [2.24, 2.45) is 34.5 Å². The van der Waals surface area contributed by atoms with E-state index in [0.717, 1.165) is 37.2 Å². The van der Waals surface area contributed by atoms with Crippen molar-refractivity contribution >= 4 is 5.78 Å². The summed E-state index contributed by atoms with van der Waals surface area (Å²) in [6, 6.07) is 10.6. The van der Waals surface area contributed by atoms with Crippen molar-refractivity contribution in [3.05, 3.63) is 35.9 Å². The van der Waals surface area contributed by atoms with Gasteiger partial charge in [-0.2, -0.15) is 0 Å². The van der Waals surface area contributed by atoms with Crippen LogP contribution in [0.5, 0.6) is 0 Å². The Morgan fingerprint density at radius 1 is 0.964 bits per heavy atom. The van der Waals surface area contributed by atoms with Crippen LogP contribution in [0.15, 0.2) is 30.3 Å². The number of Topliss-reactive ketones (excluding diaryl/α,β-unsaturated/α-hetero) is 1. The predicted octanol–water partition coefficient (Wildman–Crippen LogP) is 6.18. The number of ketones is 1. The molecule has 0 aliphatic heterocycles. The van der Waals surface area contributed by atoms with E-state index in [0.29, 0.717) is 23.2 Å². The SMILES string of the molecule is C[C@]12CC[C@H](OCc3ccccc3)C[C@@H]1CC[C@@H]1[C@@H]2CC[C@]2(C)C(=O)CC[C@@H]12. The third-order valence-electron chi connectivity index (χ3n) is 9.66. The van der Waals surface area contributed by atoms with Gasteiger partial charge in [-0.1, -0.05) is 44.2 Å². The third kappa shape index (κ3) is 2.90. The van der Waals surface area contributed by atoms with Gasteiger partial charge in [0.05, 0.1) is 12.7 Å². The maximum absolute atomic E-state index is 12.6. The molecule has 0 amide bonds. The summed E-state index contributed by atoms with van der Waals surface area (Å²) in [4.78, 5) is 12.6. The Bertz CT molecular complexity index is 727. The van der Waals surface area contributed by atoms with Crippen molar-refractivity contribution in [2.45, 2.75) is 84.3 Å². The molecule has 0 saturated heterocycles. The van der Waals surface area contributed by atoms with Crippen LogP contribution in [0.3, 0.4) is 0 Å². The van der Waals surface area contributed by atoms with Crippen LogP contribution in [0, 0.1) is 34.5 Å². The standard InChI is InChI=1S/C26H36O2/c1-25-14-12-20(28-17-18-6-4-3-5-7-18)16-19(25)8-9-21-22-10-11-24(27)26(22,2)15-13-23(21)25/h3-7,19-23H,8-17H2,1-2H3/t19-,20-,21-,22-,23-,25-,26-/m0/s1. The Balaban J connectivity index is 1.27. The predicted molar refractivity (Wildman–Crippen MR) is 112 cm³/mol. The number of hydrogen-bond donors (Lipinski definition) is 0. The van der Waals surface area contributed by atoms with E-state index in [9.17, 15) is 4.79 Å². The van der Waals surface area contributed by atoms with Crippen LogP contribution in [-0.2, 0) is 16.1 Å². The van der Waals surface area contributed by atoms with Crippen LogP contribution >= 0.6 is 0 Å². The summed E-state index contributed by atoms with van der Waals surface area (Å²) in [5, 5.41) is 0. The van der Waals surface area contributed by atoms with Gasteiger partial charge in [-0.3, -0.25) is 4.79 Å². The molecule has 0 heterocycles.